The summed E-state index contributed by atoms with van der Waals surface area (Å²) in [7, 11) is 1.44. The van der Waals surface area contributed by atoms with Gasteiger partial charge in [-0.3, -0.25) is 14.9 Å². The number of nitro benzene ring substituents is 1. The summed E-state index contributed by atoms with van der Waals surface area (Å²) in [4.78, 5) is 35.0. The minimum Gasteiger partial charge on any atom is -0.480 e. The summed E-state index contributed by atoms with van der Waals surface area (Å²) in [5.41, 5.74) is 5.05. The quantitative estimate of drug-likeness (QED) is 0.469. The Bertz CT molecular complexity index is 632. The summed E-state index contributed by atoms with van der Waals surface area (Å²) in [5, 5.41) is 20.1. The van der Waals surface area contributed by atoms with Crippen LogP contribution in [0, 0.1) is 10.1 Å². The van der Waals surface area contributed by atoms with Gasteiger partial charge in [0.25, 0.3) is 11.6 Å². The number of methoxy groups -OCH3 is 1. The number of nitrogens with two attached hydrogens (primary N) is 1. The van der Waals surface area contributed by atoms with E-state index in [1.54, 1.807) is 0 Å². The van der Waals surface area contributed by atoms with E-state index < -0.39 is 22.8 Å². The summed E-state index contributed by atoms with van der Waals surface area (Å²) < 4.78 is 5.10. The zero-order chi connectivity index (χ0) is 16.4. The second-order valence-corrected chi connectivity index (χ2v) is 4.94. The molecule has 2 unspecified atom stereocenters. The molecular formula is C13H15N3O6. The molecule has 118 valence electrons. The molecule has 0 radical (unpaired) electrons. The molecule has 3 N–H and O–H groups in total. The highest BCUT2D eigenvalue weighted by Crippen LogP contribution is 2.26. The summed E-state index contributed by atoms with van der Waals surface area (Å²) in [6.07, 6.45) is -0.205. The van der Waals surface area contributed by atoms with Crippen LogP contribution in [0.2, 0.25) is 0 Å². The van der Waals surface area contributed by atoms with Crippen LogP contribution in [0.3, 0.4) is 0 Å². The second kappa shape index (κ2) is 5.98. The van der Waals surface area contributed by atoms with Gasteiger partial charge in [0.1, 0.15) is 11.7 Å². The largest absolute Gasteiger partial charge is 0.480 e. The van der Waals surface area contributed by atoms with Crippen LogP contribution < -0.4 is 5.73 Å². The molecule has 1 heterocycles. The Balaban J connectivity index is 2.32. The zero-order valence-electron chi connectivity index (χ0n) is 11.8. The maximum atomic E-state index is 12.5. The van der Waals surface area contributed by atoms with Gasteiger partial charge in [0, 0.05) is 31.7 Å². The summed E-state index contributed by atoms with van der Waals surface area (Å²) in [6.45, 7) is 0.116. The Morgan fingerprint density at radius 3 is 2.73 bits per heavy atom. The Labute approximate surface area is 125 Å². The highest BCUT2D eigenvalue weighted by molar-refractivity contribution is 5.98. The highest BCUT2D eigenvalue weighted by atomic mass is 16.6. The molecule has 1 aliphatic heterocycles. The fourth-order valence-corrected chi connectivity index (χ4v) is 2.43. The maximum Gasteiger partial charge on any atom is 0.326 e. The van der Waals surface area contributed by atoms with Crippen LogP contribution in [0.5, 0.6) is 0 Å². The smallest absolute Gasteiger partial charge is 0.326 e. The number of rotatable bonds is 4. The van der Waals surface area contributed by atoms with Gasteiger partial charge in [-0.05, 0) is 12.1 Å². The first-order valence-electron chi connectivity index (χ1n) is 6.45. The van der Waals surface area contributed by atoms with Gasteiger partial charge in [-0.2, -0.15) is 0 Å². The van der Waals surface area contributed by atoms with Crippen molar-refractivity contribution in [3.63, 3.8) is 0 Å². The van der Waals surface area contributed by atoms with Crippen molar-refractivity contribution >= 4 is 23.3 Å². The maximum absolute atomic E-state index is 12.5. The van der Waals surface area contributed by atoms with Crippen LogP contribution in [0.25, 0.3) is 0 Å². The number of anilines is 1. The molecule has 1 saturated heterocycles. The van der Waals surface area contributed by atoms with E-state index in [1.165, 1.54) is 19.2 Å². The van der Waals surface area contributed by atoms with Gasteiger partial charge in [0.15, 0.2) is 0 Å². The number of amides is 1. The Kier molecular flexibility index (Phi) is 4.27. The molecule has 0 aliphatic carbocycles. The van der Waals surface area contributed by atoms with Gasteiger partial charge in [0.05, 0.1) is 11.0 Å². The van der Waals surface area contributed by atoms with E-state index >= 15 is 0 Å². The van der Waals surface area contributed by atoms with Crippen molar-refractivity contribution in [2.75, 3.05) is 19.4 Å². The van der Waals surface area contributed by atoms with E-state index in [0.29, 0.717) is 0 Å². The molecule has 0 bridgehead atoms. The van der Waals surface area contributed by atoms with Crippen LogP contribution in [-0.2, 0) is 9.53 Å². The second-order valence-electron chi connectivity index (χ2n) is 4.94. The molecule has 1 aromatic rings. The minimum absolute atomic E-state index is 0.0175. The van der Waals surface area contributed by atoms with Crippen LogP contribution >= 0.6 is 0 Å². The lowest BCUT2D eigenvalue weighted by molar-refractivity contribution is -0.383. The van der Waals surface area contributed by atoms with Crippen molar-refractivity contribution in [2.24, 2.45) is 0 Å². The van der Waals surface area contributed by atoms with E-state index in [-0.39, 0.29) is 36.0 Å². The number of likely N-dealkylation sites (tertiary alicyclic amines) is 1. The molecular weight excluding hydrogens is 294 g/mol. The predicted molar refractivity (Wildman–Crippen MR) is 75.4 cm³/mol. The number of hydrogen-bond acceptors (Lipinski definition) is 6. The first-order chi connectivity index (χ1) is 10.3. The summed E-state index contributed by atoms with van der Waals surface area (Å²) in [5.74, 6) is -1.74. The number of carboxylic acid groups (broad SMARTS) is 1. The Morgan fingerprint density at radius 1 is 1.50 bits per heavy atom. The van der Waals surface area contributed by atoms with Gasteiger partial charge in [-0.25, -0.2) is 4.79 Å². The molecule has 0 aromatic heterocycles. The monoisotopic (exact) mass is 309 g/mol. The normalized spacial score (nSPS) is 20.9. The molecule has 0 spiro atoms. The number of nitro groups is 1. The van der Waals surface area contributed by atoms with Crippen molar-refractivity contribution < 1.29 is 24.4 Å². The summed E-state index contributed by atoms with van der Waals surface area (Å²) >= 11 is 0. The lowest BCUT2D eigenvalue weighted by atomic mass is 10.1. The van der Waals surface area contributed by atoms with Gasteiger partial charge in [-0.1, -0.05) is 0 Å². The van der Waals surface area contributed by atoms with Gasteiger partial charge in [-0.15, -0.1) is 0 Å². The number of nitrogen functional groups attached to an aromatic ring is 1. The van der Waals surface area contributed by atoms with E-state index in [2.05, 4.69) is 0 Å². The molecule has 2 rings (SSSR count). The molecule has 2 atom stereocenters. The fourth-order valence-electron chi connectivity index (χ4n) is 2.43. The van der Waals surface area contributed by atoms with E-state index in [1.807, 2.05) is 0 Å². The first kappa shape index (κ1) is 15.7. The Morgan fingerprint density at radius 2 is 2.18 bits per heavy atom. The molecule has 22 heavy (non-hydrogen) atoms. The number of carbonyl (C=O) groups excluding carboxylic acids is 1. The van der Waals surface area contributed by atoms with Crippen LogP contribution in [0.1, 0.15) is 16.8 Å². The zero-order valence-corrected chi connectivity index (χ0v) is 11.8. The van der Waals surface area contributed by atoms with E-state index in [4.69, 9.17) is 10.5 Å². The van der Waals surface area contributed by atoms with E-state index in [9.17, 15) is 24.8 Å². The number of nitrogens with zero attached hydrogens (tertiary/aromatic N) is 2. The van der Waals surface area contributed by atoms with Gasteiger partial charge < -0.3 is 20.5 Å². The molecule has 1 aliphatic rings. The van der Waals surface area contributed by atoms with Gasteiger partial charge >= 0.3 is 5.97 Å². The lowest BCUT2D eigenvalue weighted by Gasteiger charge is -2.21. The third-order valence-corrected chi connectivity index (χ3v) is 3.62. The molecule has 9 nitrogen and oxygen atoms in total. The third-order valence-electron chi connectivity index (χ3n) is 3.62. The standard InChI is InChI=1S/C13H15N3O6/c1-22-8-5-11(13(18)19)15(6-8)12(17)7-2-3-9(14)10(4-7)16(20)21/h2-4,8,11H,5-6,14H2,1H3,(H,18,19). The molecule has 9 heteroatoms. The number of ether oxygens (including phenoxy) is 1. The van der Waals surface area contributed by atoms with Crippen molar-refractivity contribution in [3.05, 3.63) is 33.9 Å². The first-order valence-corrected chi connectivity index (χ1v) is 6.45. The molecule has 1 fully saturated rings. The van der Waals surface area contributed by atoms with Crippen molar-refractivity contribution in [1.29, 1.82) is 0 Å². The highest BCUT2D eigenvalue weighted by Gasteiger charge is 2.40. The lowest BCUT2D eigenvalue weighted by Crippen LogP contribution is -2.40. The van der Waals surface area contributed by atoms with Gasteiger partial charge in [0.2, 0.25) is 0 Å². The topological polar surface area (TPSA) is 136 Å². The fraction of sp³-hybridized carbons (Fsp3) is 0.385. The van der Waals surface area contributed by atoms with Crippen molar-refractivity contribution in [1.82, 2.24) is 4.90 Å². The molecule has 1 amide bonds. The number of aliphatic carboxylic acids is 1. The minimum atomic E-state index is -1.14. The van der Waals surface area contributed by atoms with Crippen molar-refractivity contribution in [3.8, 4) is 0 Å². The number of carboxylic acids is 1. The van der Waals surface area contributed by atoms with Crippen LogP contribution in [0.15, 0.2) is 18.2 Å². The SMILES string of the molecule is COC1CC(C(=O)O)N(C(=O)c2ccc(N)c([N+](=O)[O-])c2)C1. The average molecular weight is 309 g/mol. The predicted octanol–water partition coefficient (Wildman–Crippen LogP) is 0.491. The van der Waals surface area contributed by atoms with Crippen LogP contribution in [-0.4, -0.2) is 52.6 Å². The van der Waals surface area contributed by atoms with E-state index in [0.717, 1.165) is 11.0 Å². The number of hydrogen-bond donors (Lipinski definition) is 2. The average Bonchev–Trinajstić information content (AvgIpc) is 2.91. The summed E-state index contributed by atoms with van der Waals surface area (Å²) in [6, 6.07) is 2.62. The Hall–Kier alpha value is -2.68. The number of carbonyl (C=O) groups is 2. The molecule has 0 saturated carbocycles. The third kappa shape index (κ3) is 2.84. The molecule has 1 aromatic carbocycles. The van der Waals surface area contributed by atoms with Crippen LogP contribution in [0.4, 0.5) is 11.4 Å². The van der Waals surface area contributed by atoms with Crippen molar-refractivity contribution in [2.45, 2.75) is 18.6 Å². The number of benzene rings is 1.